The lowest BCUT2D eigenvalue weighted by atomic mass is 9.82. The molecular formula is C14H28F2N2O. The highest BCUT2D eigenvalue weighted by Gasteiger charge is 2.43. The van der Waals surface area contributed by atoms with Gasteiger partial charge >= 0.3 is 0 Å². The Hall–Kier alpha value is -0.260. The Labute approximate surface area is 115 Å². The summed E-state index contributed by atoms with van der Waals surface area (Å²) >= 11 is 0. The van der Waals surface area contributed by atoms with Gasteiger partial charge < -0.3 is 4.74 Å². The zero-order valence-corrected chi connectivity index (χ0v) is 12.3. The van der Waals surface area contributed by atoms with E-state index in [9.17, 15) is 8.78 Å². The van der Waals surface area contributed by atoms with E-state index in [4.69, 9.17) is 10.6 Å². The van der Waals surface area contributed by atoms with E-state index in [1.807, 2.05) is 6.92 Å². The maximum absolute atomic E-state index is 13.3. The van der Waals surface area contributed by atoms with Crippen molar-refractivity contribution in [2.45, 2.75) is 76.9 Å². The maximum Gasteiger partial charge on any atom is 0.248 e. The minimum atomic E-state index is -2.49. The third-order valence-corrected chi connectivity index (χ3v) is 4.54. The molecule has 1 saturated carbocycles. The molecule has 0 bridgehead atoms. The fourth-order valence-corrected chi connectivity index (χ4v) is 3.35. The van der Waals surface area contributed by atoms with Gasteiger partial charge in [0, 0.05) is 19.4 Å². The molecule has 0 radical (unpaired) electrons. The summed E-state index contributed by atoms with van der Waals surface area (Å²) in [5.41, 5.74) is 2.47. The monoisotopic (exact) mass is 278 g/mol. The summed E-state index contributed by atoms with van der Waals surface area (Å²) in [4.78, 5) is 0. The van der Waals surface area contributed by atoms with Gasteiger partial charge in [-0.05, 0) is 38.5 Å². The first-order chi connectivity index (χ1) is 8.93. The van der Waals surface area contributed by atoms with Gasteiger partial charge in [0.1, 0.15) is 0 Å². The molecule has 1 aliphatic carbocycles. The third-order valence-electron chi connectivity index (χ3n) is 4.54. The van der Waals surface area contributed by atoms with Gasteiger partial charge in [0.2, 0.25) is 5.92 Å². The predicted octanol–water partition coefficient (Wildman–Crippen LogP) is 3.24. The number of hydrazine groups is 1. The molecule has 2 unspecified atom stereocenters. The second kappa shape index (κ2) is 6.95. The smallest absolute Gasteiger partial charge is 0.248 e. The molecule has 0 saturated heterocycles. The van der Waals surface area contributed by atoms with Crippen LogP contribution in [0.1, 0.15) is 59.3 Å². The minimum Gasteiger partial charge on any atom is -0.374 e. The molecule has 0 aromatic heterocycles. The largest absolute Gasteiger partial charge is 0.374 e. The van der Waals surface area contributed by atoms with Crippen molar-refractivity contribution < 1.29 is 13.5 Å². The van der Waals surface area contributed by atoms with Gasteiger partial charge in [-0.1, -0.05) is 13.8 Å². The Balaban J connectivity index is 2.70. The number of rotatable bonds is 8. The molecule has 1 rings (SSSR count). The summed E-state index contributed by atoms with van der Waals surface area (Å²) in [7, 11) is 0. The van der Waals surface area contributed by atoms with E-state index in [-0.39, 0.29) is 30.4 Å². The molecule has 0 aliphatic heterocycles. The van der Waals surface area contributed by atoms with Crippen LogP contribution in [0.15, 0.2) is 0 Å². The highest BCUT2D eigenvalue weighted by Crippen LogP contribution is 2.42. The fourth-order valence-electron chi connectivity index (χ4n) is 3.35. The van der Waals surface area contributed by atoms with Gasteiger partial charge in [-0.2, -0.15) is 0 Å². The number of hydrogen-bond donors (Lipinski definition) is 2. The molecule has 0 amide bonds. The summed E-state index contributed by atoms with van der Waals surface area (Å²) in [6, 6.07) is -0.0682. The lowest BCUT2D eigenvalue weighted by molar-refractivity contribution is -0.0779. The predicted molar refractivity (Wildman–Crippen MR) is 73.0 cm³/mol. The second-order valence-corrected chi connectivity index (χ2v) is 5.62. The van der Waals surface area contributed by atoms with E-state index in [0.29, 0.717) is 19.4 Å². The van der Waals surface area contributed by atoms with E-state index in [1.165, 1.54) is 0 Å². The summed E-state index contributed by atoms with van der Waals surface area (Å²) < 4.78 is 32.5. The molecule has 0 spiro atoms. The summed E-state index contributed by atoms with van der Waals surface area (Å²) in [5.74, 6) is 3.22. The molecule has 3 N–H and O–H groups in total. The van der Waals surface area contributed by atoms with E-state index in [1.54, 1.807) is 0 Å². The van der Waals surface area contributed by atoms with Gasteiger partial charge in [-0.15, -0.1) is 0 Å². The molecule has 0 aromatic carbocycles. The quantitative estimate of drug-likeness (QED) is 0.529. The van der Waals surface area contributed by atoms with Crippen molar-refractivity contribution in [1.82, 2.24) is 5.43 Å². The van der Waals surface area contributed by atoms with E-state index < -0.39 is 5.92 Å². The molecule has 114 valence electrons. The summed E-state index contributed by atoms with van der Waals surface area (Å²) in [6.45, 7) is 6.69. The van der Waals surface area contributed by atoms with Crippen LogP contribution in [-0.2, 0) is 4.74 Å². The Morgan fingerprint density at radius 2 is 2.00 bits per heavy atom. The zero-order valence-electron chi connectivity index (χ0n) is 12.3. The molecular weight excluding hydrogens is 250 g/mol. The first-order valence-electron chi connectivity index (χ1n) is 7.41. The standard InChI is InChI=1S/C14H28F2N2O/c1-4-13(5-2,19-6-3)12(18-17)9-11-7-8-14(15,16)10-11/h11-12,18H,4-10,17H2,1-3H3. The van der Waals surface area contributed by atoms with Gasteiger partial charge in [-0.3, -0.25) is 11.3 Å². The molecule has 5 heteroatoms. The van der Waals surface area contributed by atoms with Gasteiger partial charge in [0.05, 0.1) is 11.6 Å². The Kier molecular flexibility index (Phi) is 6.15. The fraction of sp³-hybridized carbons (Fsp3) is 1.00. The highest BCUT2D eigenvalue weighted by molar-refractivity contribution is 4.94. The first kappa shape index (κ1) is 16.8. The van der Waals surface area contributed by atoms with Crippen LogP contribution < -0.4 is 11.3 Å². The molecule has 19 heavy (non-hydrogen) atoms. The SMILES string of the molecule is CCOC(CC)(CC)C(CC1CCC(F)(F)C1)NN. The van der Waals surface area contributed by atoms with Crippen molar-refractivity contribution in [3.8, 4) is 0 Å². The summed E-state index contributed by atoms with van der Waals surface area (Å²) in [5, 5.41) is 0. The Bertz CT molecular complexity index is 270. The minimum absolute atomic E-state index is 0.00877. The molecule has 2 atom stereocenters. The number of halogens is 2. The average Bonchev–Trinajstić information content (AvgIpc) is 2.73. The van der Waals surface area contributed by atoms with E-state index in [0.717, 1.165) is 12.8 Å². The summed E-state index contributed by atoms with van der Waals surface area (Å²) in [6.07, 6.45) is 2.90. The number of nitrogens with two attached hydrogens (primary N) is 1. The van der Waals surface area contributed by atoms with Crippen LogP contribution in [-0.4, -0.2) is 24.2 Å². The highest BCUT2D eigenvalue weighted by atomic mass is 19.3. The van der Waals surface area contributed by atoms with Crippen molar-refractivity contribution >= 4 is 0 Å². The first-order valence-corrected chi connectivity index (χ1v) is 7.41. The molecule has 0 heterocycles. The van der Waals surface area contributed by atoms with Crippen LogP contribution >= 0.6 is 0 Å². The molecule has 3 nitrogen and oxygen atoms in total. The van der Waals surface area contributed by atoms with Crippen LogP contribution in [0.4, 0.5) is 8.78 Å². The average molecular weight is 278 g/mol. The van der Waals surface area contributed by atoms with Crippen LogP contribution in [0, 0.1) is 5.92 Å². The van der Waals surface area contributed by atoms with E-state index in [2.05, 4.69) is 19.3 Å². The number of ether oxygens (including phenoxy) is 1. The van der Waals surface area contributed by atoms with Crippen molar-refractivity contribution in [3.63, 3.8) is 0 Å². The Morgan fingerprint density at radius 3 is 2.37 bits per heavy atom. The molecule has 1 aliphatic rings. The van der Waals surface area contributed by atoms with Crippen molar-refractivity contribution in [3.05, 3.63) is 0 Å². The van der Waals surface area contributed by atoms with Crippen molar-refractivity contribution in [2.75, 3.05) is 6.61 Å². The number of nitrogens with one attached hydrogen (secondary N) is 1. The molecule has 1 fully saturated rings. The van der Waals surface area contributed by atoms with Crippen LogP contribution in [0.25, 0.3) is 0 Å². The maximum atomic E-state index is 13.3. The number of alkyl halides is 2. The van der Waals surface area contributed by atoms with Crippen molar-refractivity contribution in [2.24, 2.45) is 11.8 Å². The lowest BCUT2D eigenvalue weighted by Gasteiger charge is -2.40. The van der Waals surface area contributed by atoms with Crippen molar-refractivity contribution in [1.29, 1.82) is 0 Å². The normalized spacial score (nSPS) is 24.6. The van der Waals surface area contributed by atoms with Crippen LogP contribution in [0.5, 0.6) is 0 Å². The number of hydrogen-bond acceptors (Lipinski definition) is 3. The topological polar surface area (TPSA) is 47.3 Å². The zero-order chi connectivity index (χ0) is 14.5. The van der Waals surface area contributed by atoms with Crippen LogP contribution in [0.3, 0.4) is 0 Å². The second-order valence-electron chi connectivity index (χ2n) is 5.62. The van der Waals surface area contributed by atoms with Crippen LogP contribution in [0.2, 0.25) is 0 Å². The molecule has 0 aromatic rings. The van der Waals surface area contributed by atoms with Gasteiger partial charge in [0.15, 0.2) is 0 Å². The Morgan fingerprint density at radius 1 is 1.37 bits per heavy atom. The van der Waals surface area contributed by atoms with Gasteiger partial charge in [0.25, 0.3) is 0 Å². The lowest BCUT2D eigenvalue weighted by Crippen LogP contribution is -2.55. The van der Waals surface area contributed by atoms with E-state index >= 15 is 0 Å². The third kappa shape index (κ3) is 4.10. The van der Waals surface area contributed by atoms with Gasteiger partial charge in [-0.25, -0.2) is 8.78 Å².